The van der Waals surface area contributed by atoms with Crippen LogP contribution in [0.4, 0.5) is 0 Å². The van der Waals surface area contributed by atoms with Crippen molar-refractivity contribution in [3.8, 4) is 23.0 Å². The van der Waals surface area contributed by atoms with Gasteiger partial charge in [-0.1, -0.05) is 26.3 Å². The van der Waals surface area contributed by atoms with E-state index in [2.05, 4.69) is 21.0 Å². The van der Waals surface area contributed by atoms with Gasteiger partial charge >= 0.3 is 0 Å². The lowest BCUT2D eigenvalue weighted by atomic mass is 9.97. The third-order valence-corrected chi connectivity index (χ3v) is 9.09. The maximum atomic E-state index is 13.8. The summed E-state index contributed by atoms with van der Waals surface area (Å²) in [5.41, 5.74) is 1.18. The molecule has 0 saturated carbocycles. The SMILES string of the molecule is CC[C@H](C)[C@@H]1NC(=O)CCCN(C(=O)c2cc(OC)ccc2OC)CCCNC(=O)Cn2nc(Cc3ccc(OC)c(OC)c3)nc2[C@@H](C)NC1=O. The number of nitrogens with one attached hydrogen (secondary N) is 3. The minimum absolute atomic E-state index is 0.0966. The Labute approximate surface area is 304 Å². The van der Waals surface area contributed by atoms with E-state index in [-0.39, 0.29) is 55.6 Å². The molecule has 2 heterocycles. The highest BCUT2D eigenvalue weighted by Crippen LogP contribution is 2.29. The van der Waals surface area contributed by atoms with E-state index in [0.717, 1.165) is 5.56 Å². The van der Waals surface area contributed by atoms with Gasteiger partial charge in [0, 0.05) is 32.5 Å². The van der Waals surface area contributed by atoms with Crippen LogP contribution in [0.3, 0.4) is 0 Å². The summed E-state index contributed by atoms with van der Waals surface area (Å²) >= 11 is 0. The quantitative estimate of drug-likeness (QED) is 0.298. The van der Waals surface area contributed by atoms with E-state index in [1.165, 1.54) is 18.9 Å². The van der Waals surface area contributed by atoms with E-state index in [1.54, 1.807) is 50.3 Å². The van der Waals surface area contributed by atoms with Crippen molar-refractivity contribution in [1.82, 2.24) is 35.6 Å². The van der Waals surface area contributed by atoms with Gasteiger partial charge in [0.15, 0.2) is 17.3 Å². The molecule has 1 aliphatic rings. The number of benzene rings is 2. The highest BCUT2D eigenvalue weighted by Gasteiger charge is 2.29. The Hall–Kier alpha value is -5.34. The zero-order chi connectivity index (χ0) is 37.8. The molecule has 52 heavy (non-hydrogen) atoms. The number of rotatable bonds is 9. The average Bonchev–Trinajstić information content (AvgIpc) is 3.54. The molecule has 0 spiro atoms. The molecule has 0 saturated heterocycles. The van der Waals surface area contributed by atoms with Gasteiger partial charge in [-0.05, 0) is 61.6 Å². The highest BCUT2D eigenvalue weighted by molar-refractivity contribution is 5.97. The molecular weight excluding hydrogens is 670 g/mol. The zero-order valence-electron chi connectivity index (χ0n) is 31.1. The van der Waals surface area contributed by atoms with Gasteiger partial charge in [-0.15, -0.1) is 0 Å². The molecule has 0 bridgehead atoms. The average molecular weight is 722 g/mol. The van der Waals surface area contributed by atoms with Gasteiger partial charge in [0.05, 0.1) is 40.0 Å². The number of methoxy groups -OCH3 is 4. The summed E-state index contributed by atoms with van der Waals surface area (Å²) in [4.78, 5) is 60.4. The highest BCUT2D eigenvalue weighted by atomic mass is 16.5. The Morgan fingerprint density at radius 3 is 2.31 bits per heavy atom. The maximum absolute atomic E-state index is 13.8. The number of ether oxygens (including phenoxy) is 4. The Bertz CT molecular complexity index is 1710. The molecule has 15 nitrogen and oxygen atoms in total. The second-order valence-corrected chi connectivity index (χ2v) is 12.7. The molecule has 0 unspecified atom stereocenters. The van der Waals surface area contributed by atoms with Crippen molar-refractivity contribution in [3.05, 3.63) is 59.2 Å². The summed E-state index contributed by atoms with van der Waals surface area (Å²) in [7, 11) is 6.13. The lowest BCUT2D eigenvalue weighted by molar-refractivity contribution is -0.130. The van der Waals surface area contributed by atoms with Crippen molar-refractivity contribution in [1.29, 1.82) is 0 Å². The third-order valence-electron chi connectivity index (χ3n) is 9.09. The van der Waals surface area contributed by atoms with E-state index in [9.17, 15) is 19.2 Å². The molecular formula is C37H51N7O8. The van der Waals surface area contributed by atoms with Crippen LogP contribution in [0, 0.1) is 5.92 Å². The van der Waals surface area contributed by atoms with Crippen LogP contribution in [0.2, 0.25) is 0 Å². The van der Waals surface area contributed by atoms with Crippen LogP contribution in [-0.4, -0.2) is 97.4 Å². The van der Waals surface area contributed by atoms with Crippen molar-refractivity contribution in [2.45, 2.75) is 71.5 Å². The number of amides is 4. The Morgan fingerprint density at radius 1 is 0.904 bits per heavy atom. The summed E-state index contributed by atoms with van der Waals surface area (Å²) in [6, 6.07) is 9.05. The molecule has 0 aliphatic carbocycles. The van der Waals surface area contributed by atoms with Gasteiger partial charge < -0.3 is 39.8 Å². The van der Waals surface area contributed by atoms with Gasteiger partial charge in [-0.3, -0.25) is 19.2 Å². The molecule has 282 valence electrons. The summed E-state index contributed by atoms with van der Waals surface area (Å²) in [5.74, 6) is 1.42. The zero-order valence-corrected chi connectivity index (χ0v) is 31.1. The molecule has 1 aliphatic heterocycles. The second-order valence-electron chi connectivity index (χ2n) is 12.7. The van der Waals surface area contributed by atoms with E-state index in [1.807, 2.05) is 26.0 Å². The minimum Gasteiger partial charge on any atom is -0.497 e. The van der Waals surface area contributed by atoms with Crippen molar-refractivity contribution in [2.24, 2.45) is 5.92 Å². The van der Waals surface area contributed by atoms with Gasteiger partial charge in [0.2, 0.25) is 17.7 Å². The minimum atomic E-state index is -0.816. The lowest BCUT2D eigenvalue weighted by Gasteiger charge is -2.26. The first-order chi connectivity index (χ1) is 25.0. The summed E-state index contributed by atoms with van der Waals surface area (Å²) in [5, 5.41) is 13.5. The van der Waals surface area contributed by atoms with Crippen LogP contribution in [-0.2, 0) is 27.3 Å². The van der Waals surface area contributed by atoms with E-state index < -0.39 is 12.1 Å². The molecule has 15 heteroatoms. The topological polar surface area (TPSA) is 175 Å². The molecule has 3 N–H and O–H groups in total. The smallest absolute Gasteiger partial charge is 0.257 e. The number of hydrogen-bond acceptors (Lipinski definition) is 10. The second kappa shape index (κ2) is 18.8. The fourth-order valence-electron chi connectivity index (χ4n) is 5.99. The summed E-state index contributed by atoms with van der Waals surface area (Å²) in [6.45, 7) is 6.33. The number of nitrogens with zero attached hydrogens (tertiary/aromatic N) is 4. The summed E-state index contributed by atoms with van der Waals surface area (Å²) < 4.78 is 23.1. The number of hydrogen-bond donors (Lipinski definition) is 3. The predicted molar refractivity (Wildman–Crippen MR) is 193 cm³/mol. The van der Waals surface area contributed by atoms with E-state index in [0.29, 0.717) is 72.4 Å². The van der Waals surface area contributed by atoms with Crippen LogP contribution >= 0.6 is 0 Å². The van der Waals surface area contributed by atoms with Gasteiger partial charge in [-0.2, -0.15) is 5.10 Å². The molecule has 3 atom stereocenters. The molecule has 4 amide bonds. The maximum Gasteiger partial charge on any atom is 0.257 e. The summed E-state index contributed by atoms with van der Waals surface area (Å²) in [6.07, 6.45) is 1.87. The fourth-order valence-corrected chi connectivity index (χ4v) is 5.99. The van der Waals surface area contributed by atoms with Crippen molar-refractivity contribution in [3.63, 3.8) is 0 Å². The van der Waals surface area contributed by atoms with Crippen molar-refractivity contribution >= 4 is 23.6 Å². The lowest BCUT2D eigenvalue weighted by Crippen LogP contribution is -2.51. The first-order valence-electron chi connectivity index (χ1n) is 17.5. The number of carbonyl (C=O) groups is 4. The van der Waals surface area contributed by atoms with Crippen LogP contribution in [0.15, 0.2) is 36.4 Å². The first kappa shape index (κ1) is 39.4. The first-order valence-corrected chi connectivity index (χ1v) is 17.5. The monoisotopic (exact) mass is 721 g/mol. The van der Waals surface area contributed by atoms with Crippen LogP contribution in [0.1, 0.15) is 80.1 Å². The van der Waals surface area contributed by atoms with E-state index in [4.69, 9.17) is 23.9 Å². The Morgan fingerprint density at radius 2 is 1.62 bits per heavy atom. The van der Waals surface area contributed by atoms with Gasteiger partial charge in [0.25, 0.3) is 5.91 Å². The molecule has 1 aromatic heterocycles. The fraction of sp³-hybridized carbons (Fsp3) is 0.514. The van der Waals surface area contributed by atoms with E-state index >= 15 is 0 Å². The van der Waals surface area contributed by atoms with Crippen LogP contribution < -0.4 is 34.9 Å². The molecule has 4 rings (SSSR count). The standard InChI is InChI=1S/C37H51N7O8/c1-8-23(2)34-36(47)39-24(3)35-40-31(20-25-12-14-29(51-6)30(19-25)52-7)42-44(35)22-33(46)38-16-10-18-43(17-9-11-32(45)41-34)37(48)27-21-26(49-4)13-15-28(27)50-5/h12-15,19,21,23-24,34H,8-11,16-18,20,22H2,1-7H3,(H,38,46)(H,39,47)(H,41,45)/t23-,24+,34-/m0/s1. The normalized spacial score (nSPS) is 18.4. The molecule has 3 aromatic rings. The number of carbonyl (C=O) groups excluding carboxylic acids is 4. The molecule has 0 fully saturated rings. The van der Waals surface area contributed by atoms with Crippen molar-refractivity contribution < 1.29 is 38.1 Å². The molecule has 0 radical (unpaired) electrons. The molecule has 2 aromatic carbocycles. The number of fused-ring (bicyclic) bond motifs is 1. The largest absolute Gasteiger partial charge is 0.497 e. The Kier molecular flexibility index (Phi) is 14.2. The van der Waals surface area contributed by atoms with Gasteiger partial charge in [0.1, 0.15) is 29.9 Å². The van der Waals surface area contributed by atoms with Gasteiger partial charge in [-0.25, -0.2) is 9.67 Å². The van der Waals surface area contributed by atoms with Crippen LogP contribution in [0.25, 0.3) is 0 Å². The third kappa shape index (κ3) is 10.1. The Balaban J connectivity index is 1.62. The van der Waals surface area contributed by atoms with Crippen molar-refractivity contribution in [2.75, 3.05) is 48.1 Å². The van der Waals surface area contributed by atoms with Crippen LogP contribution in [0.5, 0.6) is 23.0 Å². The predicted octanol–water partition coefficient (Wildman–Crippen LogP) is 3.05. The number of aromatic nitrogens is 3.